The lowest BCUT2D eigenvalue weighted by molar-refractivity contribution is 0.0722. The van der Waals surface area contributed by atoms with Gasteiger partial charge in [0.15, 0.2) is 0 Å². The Labute approximate surface area is 150 Å². The molecule has 1 aliphatic rings. The second kappa shape index (κ2) is 6.76. The Morgan fingerprint density at radius 1 is 1.32 bits per heavy atom. The molecule has 0 spiro atoms. The van der Waals surface area contributed by atoms with Crippen molar-refractivity contribution in [2.75, 3.05) is 6.54 Å². The van der Waals surface area contributed by atoms with Crippen LogP contribution in [0, 0.1) is 6.92 Å². The van der Waals surface area contributed by atoms with Gasteiger partial charge in [0.2, 0.25) is 0 Å². The number of aryl methyl sites for hydroxylation is 1. The molecule has 7 heteroatoms. The van der Waals surface area contributed by atoms with Gasteiger partial charge in [-0.2, -0.15) is 0 Å². The Hall–Kier alpha value is -2.54. The standard InChI is InChI=1S/C18H19N5OS/c1-13-9-20-17(23(13)10-14-4-6-19-7-5-14)16-3-2-8-22(16)18(24)15-11-25-12-21-15/h4-7,9,11-12,16H,2-3,8,10H2,1H3. The van der Waals surface area contributed by atoms with Gasteiger partial charge in [0.25, 0.3) is 5.91 Å². The first-order chi connectivity index (χ1) is 12.2. The third-order valence-corrected chi connectivity index (χ3v) is 5.23. The highest BCUT2D eigenvalue weighted by molar-refractivity contribution is 7.07. The lowest BCUT2D eigenvalue weighted by atomic mass is 10.2. The Bertz CT molecular complexity index is 859. The Morgan fingerprint density at radius 3 is 2.92 bits per heavy atom. The van der Waals surface area contributed by atoms with Crippen LogP contribution in [0.25, 0.3) is 0 Å². The number of hydrogen-bond donors (Lipinski definition) is 0. The SMILES string of the molecule is Cc1cnc(C2CCCN2C(=O)c2cscn2)n1Cc1ccncc1. The minimum Gasteiger partial charge on any atom is -0.327 e. The number of amides is 1. The average Bonchev–Trinajstić information content (AvgIpc) is 3.37. The monoisotopic (exact) mass is 353 g/mol. The first-order valence-corrected chi connectivity index (χ1v) is 9.28. The van der Waals surface area contributed by atoms with Gasteiger partial charge < -0.3 is 9.47 Å². The molecule has 0 saturated carbocycles. The first-order valence-electron chi connectivity index (χ1n) is 8.34. The van der Waals surface area contributed by atoms with E-state index in [0.717, 1.165) is 37.4 Å². The molecular weight excluding hydrogens is 334 g/mol. The van der Waals surface area contributed by atoms with Crippen molar-refractivity contribution in [1.82, 2.24) is 24.4 Å². The molecule has 1 unspecified atom stereocenters. The molecule has 1 amide bonds. The molecule has 3 aromatic rings. The van der Waals surface area contributed by atoms with Gasteiger partial charge in [-0.15, -0.1) is 11.3 Å². The van der Waals surface area contributed by atoms with Crippen LogP contribution in [-0.4, -0.2) is 36.9 Å². The molecule has 1 aliphatic heterocycles. The largest absolute Gasteiger partial charge is 0.327 e. The van der Waals surface area contributed by atoms with Crippen molar-refractivity contribution >= 4 is 17.2 Å². The lowest BCUT2D eigenvalue weighted by Gasteiger charge is -2.24. The van der Waals surface area contributed by atoms with Gasteiger partial charge in [-0.3, -0.25) is 9.78 Å². The minimum absolute atomic E-state index is 0.000126. The first kappa shape index (κ1) is 16.0. The second-order valence-electron chi connectivity index (χ2n) is 6.23. The fourth-order valence-electron chi connectivity index (χ4n) is 3.37. The van der Waals surface area contributed by atoms with Gasteiger partial charge in [-0.25, -0.2) is 9.97 Å². The molecule has 6 nitrogen and oxygen atoms in total. The van der Waals surface area contributed by atoms with Crippen molar-refractivity contribution in [2.45, 2.75) is 32.4 Å². The Kier molecular flexibility index (Phi) is 4.31. The maximum Gasteiger partial charge on any atom is 0.273 e. The summed E-state index contributed by atoms with van der Waals surface area (Å²) >= 11 is 1.45. The molecule has 1 saturated heterocycles. The van der Waals surface area contributed by atoms with Crippen molar-refractivity contribution in [1.29, 1.82) is 0 Å². The van der Waals surface area contributed by atoms with Crippen molar-refractivity contribution in [3.8, 4) is 0 Å². The van der Waals surface area contributed by atoms with Gasteiger partial charge in [-0.05, 0) is 37.5 Å². The van der Waals surface area contributed by atoms with Crippen molar-refractivity contribution in [3.63, 3.8) is 0 Å². The van der Waals surface area contributed by atoms with E-state index in [1.54, 1.807) is 17.9 Å². The van der Waals surface area contributed by atoms with Crippen molar-refractivity contribution < 1.29 is 4.79 Å². The number of nitrogens with zero attached hydrogens (tertiary/aromatic N) is 5. The summed E-state index contributed by atoms with van der Waals surface area (Å²) in [5.74, 6) is 0.954. The molecule has 4 heterocycles. The zero-order valence-corrected chi connectivity index (χ0v) is 14.8. The van der Waals surface area contributed by atoms with Gasteiger partial charge in [0, 0.05) is 42.8 Å². The van der Waals surface area contributed by atoms with E-state index in [1.165, 1.54) is 16.9 Å². The number of pyridine rings is 1. The van der Waals surface area contributed by atoms with Crippen LogP contribution >= 0.6 is 11.3 Å². The minimum atomic E-state index is -0.000126. The van der Waals surface area contributed by atoms with Gasteiger partial charge in [0.05, 0.1) is 11.6 Å². The number of carbonyl (C=O) groups is 1. The van der Waals surface area contributed by atoms with E-state index < -0.39 is 0 Å². The molecule has 25 heavy (non-hydrogen) atoms. The third kappa shape index (κ3) is 3.07. The normalized spacial score (nSPS) is 17.2. The topological polar surface area (TPSA) is 63.9 Å². The summed E-state index contributed by atoms with van der Waals surface area (Å²) < 4.78 is 2.20. The van der Waals surface area contributed by atoms with Gasteiger partial charge in [0.1, 0.15) is 11.5 Å². The maximum absolute atomic E-state index is 12.8. The quantitative estimate of drug-likeness (QED) is 0.723. The molecule has 0 radical (unpaired) electrons. The molecule has 3 aromatic heterocycles. The van der Waals surface area contributed by atoms with E-state index in [-0.39, 0.29) is 11.9 Å². The Balaban J connectivity index is 1.64. The van der Waals surface area contributed by atoms with E-state index in [4.69, 9.17) is 0 Å². The number of rotatable bonds is 4. The molecular formula is C18H19N5OS. The van der Waals surface area contributed by atoms with Gasteiger partial charge >= 0.3 is 0 Å². The van der Waals surface area contributed by atoms with Crippen molar-refractivity contribution in [3.05, 3.63) is 64.4 Å². The highest BCUT2D eigenvalue weighted by Gasteiger charge is 2.34. The zero-order chi connectivity index (χ0) is 17.2. The number of likely N-dealkylation sites (tertiary alicyclic amines) is 1. The smallest absolute Gasteiger partial charge is 0.273 e. The zero-order valence-electron chi connectivity index (χ0n) is 14.0. The highest BCUT2D eigenvalue weighted by atomic mass is 32.1. The summed E-state index contributed by atoms with van der Waals surface area (Å²) in [4.78, 5) is 27.6. The van der Waals surface area contributed by atoms with Crippen LogP contribution in [0.5, 0.6) is 0 Å². The van der Waals surface area contributed by atoms with E-state index in [9.17, 15) is 4.79 Å². The fraction of sp³-hybridized carbons (Fsp3) is 0.333. The molecule has 1 fully saturated rings. The third-order valence-electron chi connectivity index (χ3n) is 4.64. The van der Waals surface area contributed by atoms with E-state index in [0.29, 0.717) is 5.69 Å². The fourth-order valence-corrected chi connectivity index (χ4v) is 3.89. The van der Waals surface area contributed by atoms with Crippen LogP contribution in [-0.2, 0) is 6.54 Å². The number of thiazole rings is 1. The molecule has 1 atom stereocenters. The van der Waals surface area contributed by atoms with Crippen molar-refractivity contribution in [2.24, 2.45) is 0 Å². The average molecular weight is 353 g/mol. The molecule has 0 aromatic carbocycles. The number of hydrogen-bond acceptors (Lipinski definition) is 5. The van der Waals surface area contributed by atoms with Gasteiger partial charge in [-0.1, -0.05) is 0 Å². The van der Waals surface area contributed by atoms with E-state index in [2.05, 4.69) is 26.4 Å². The lowest BCUT2D eigenvalue weighted by Crippen LogP contribution is -2.32. The summed E-state index contributed by atoms with van der Waals surface area (Å²) in [7, 11) is 0. The predicted octanol–water partition coefficient (Wildman–Crippen LogP) is 3.07. The molecule has 0 aliphatic carbocycles. The number of aromatic nitrogens is 4. The molecule has 128 valence electrons. The highest BCUT2D eigenvalue weighted by Crippen LogP contribution is 2.33. The van der Waals surface area contributed by atoms with Crippen LogP contribution in [0.1, 0.15) is 46.5 Å². The summed E-state index contributed by atoms with van der Waals surface area (Å²) in [5, 5.41) is 1.81. The van der Waals surface area contributed by atoms with Crippen LogP contribution in [0.2, 0.25) is 0 Å². The Morgan fingerprint density at radius 2 is 2.16 bits per heavy atom. The van der Waals surface area contributed by atoms with E-state index >= 15 is 0 Å². The number of carbonyl (C=O) groups excluding carboxylic acids is 1. The summed E-state index contributed by atoms with van der Waals surface area (Å²) in [6, 6.07) is 4.02. The van der Waals surface area contributed by atoms with Crippen LogP contribution in [0.15, 0.2) is 41.6 Å². The van der Waals surface area contributed by atoms with Crippen LogP contribution < -0.4 is 0 Å². The molecule has 0 N–H and O–H groups in total. The molecule has 0 bridgehead atoms. The van der Waals surface area contributed by atoms with Crippen LogP contribution in [0.3, 0.4) is 0 Å². The number of imidazole rings is 1. The summed E-state index contributed by atoms with van der Waals surface area (Å²) in [6.07, 6.45) is 7.41. The maximum atomic E-state index is 12.8. The predicted molar refractivity (Wildman–Crippen MR) is 95.4 cm³/mol. The van der Waals surface area contributed by atoms with E-state index in [1.807, 2.05) is 28.6 Å². The molecule has 4 rings (SSSR count). The summed E-state index contributed by atoms with van der Waals surface area (Å²) in [5.41, 5.74) is 4.50. The second-order valence-corrected chi connectivity index (χ2v) is 6.95. The summed E-state index contributed by atoms with van der Waals surface area (Å²) in [6.45, 7) is 3.54. The van der Waals surface area contributed by atoms with Crippen LogP contribution in [0.4, 0.5) is 0 Å².